The topological polar surface area (TPSA) is 98.2 Å². The van der Waals surface area contributed by atoms with Crippen LogP contribution in [-0.2, 0) is 4.74 Å². The summed E-state index contributed by atoms with van der Waals surface area (Å²) in [5.74, 6) is 2.00. The van der Waals surface area contributed by atoms with Gasteiger partial charge in [-0.25, -0.2) is 4.98 Å². The minimum Gasteiger partial charge on any atom is -0.489 e. The van der Waals surface area contributed by atoms with Crippen LogP contribution in [0.1, 0.15) is 50.5 Å². The van der Waals surface area contributed by atoms with Gasteiger partial charge in [-0.2, -0.15) is 0 Å². The lowest BCUT2D eigenvalue weighted by molar-refractivity contribution is 0.153. The maximum Gasteiger partial charge on any atom is 0.215 e. The molecule has 0 saturated heterocycles. The van der Waals surface area contributed by atoms with E-state index in [9.17, 15) is 0 Å². The number of pyridine rings is 3. The number of nitrogens with one attached hydrogen (secondary N) is 1. The highest BCUT2D eigenvalue weighted by Gasteiger charge is 2.24. The molecule has 1 aliphatic rings. The Kier molecular flexibility index (Phi) is 8.92. The van der Waals surface area contributed by atoms with E-state index in [0.717, 1.165) is 51.0 Å². The zero-order chi connectivity index (χ0) is 28.1. The second kappa shape index (κ2) is 12.6. The lowest BCUT2D eigenvalue weighted by atomic mass is 10.1. The Balaban J connectivity index is 1.39. The third-order valence-corrected chi connectivity index (χ3v) is 9.57. The Labute approximate surface area is 241 Å². The summed E-state index contributed by atoms with van der Waals surface area (Å²) in [7, 11) is -1.20. The molecule has 0 bridgehead atoms. The molecular weight excluding hydrogens is 539 g/mol. The zero-order valence-corrected chi connectivity index (χ0v) is 25.9. The third-order valence-electron chi connectivity index (χ3n) is 6.75. The van der Waals surface area contributed by atoms with E-state index in [0.29, 0.717) is 18.4 Å². The van der Waals surface area contributed by atoms with Gasteiger partial charge in [-0.3, -0.25) is 14.9 Å². The van der Waals surface area contributed by atoms with Crippen molar-refractivity contribution in [3.63, 3.8) is 0 Å². The summed E-state index contributed by atoms with van der Waals surface area (Å²) in [5.41, 5.74) is 3.23. The summed E-state index contributed by atoms with van der Waals surface area (Å²) in [5, 5.41) is 14.5. The van der Waals surface area contributed by atoms with Gasteiger partial charge in [0.2, 0.25) is 5.13 Å². The van der Waals surface area contributed by atoms with Crippen LogP contribution in [0.3, 0.4) is 0 Å². The molecule has 0 radical (unpaired) electrons. The lowest BCUT2D eigenvalue weighted by Gasteiger charge is -2.22. The molecule has 0 atom stereocenters. The highest BCUT2D eigenvalue weighted by molar-refractivity contribution is 7.15. The summed E-state index contributed by atoms with van der Waals surface area (Å²) < 4.78 is 12.0. The highest BCUT2D eigenvalue weighted by Crippen LogP contribution is 2.38. The van der Waals surface area contributed by atoms with E-state index in [1.165, 1.54) is 25.7 Å². The fraction of sp³-hybridized carbons (Fsp3) is 0.483. The Bertz CT molecular complexity index is 1420. The predicted octanol–water partition coefficient (Wildman–Crippen LogP) is 7.52. The van der Waals surface area contributed by atoms with Gasteiger partial charge >= 0.3 is 0 Å². The summed E-state index contributed by atoms with van der Waals surface area (Å²) in [6.07, 6.45) is 10.3. The number of hydrogen-bond acceptors (Lipinski definition) is 10. The molecule has 40 heavy (non-hydrogen) atoms. The number of rotatable bonds is 12. The standard InChI is InChI=1S/C29H39N7O2SSi/c1-20(2)38-24-14-22(16-30-18-24)32-23-15-26-25(31-17-23)10-11-27(33-26)36(19-37-12-13-40(3,4)5)29-35-34-28(39-29)21-8-6-7-9-21/h10-11,14-18,20-21,32H,6-9,12-13,19H2,1-5H3. The molecule has 1 saturated carbocycles. The van der Waals surface area contributed by atoms with E-state index in [4.69, 9.17) is 14.5 Å². The van der Waals surface area contributed by atoms with Gasteiger partial charge in [-0.15, -0.1) is 10.2 Å². The van der Waals surface area contributed by atoms with Gasteiger partial charge in [-0.05, 0) is 50.9 Å². The Hall–Kier alpha value is -3.15. The van der Waals surface area contributed by atoms with Crippen LogP contribution in [0.4, 0.5) is 22.3 Å². The molecule has 0 aliphatic heterocycles. The highest BCUT2D eigenvalue weighted by atomic mass is 32.1. The maximum atomic E-state index is 6.18. The van der Waals surface area contributed by atoms with Gasteiger partial charge in [-0.1, -0.05) is 43.8 Å². The number of hydrogen-bond donors (Lipinski definition) is 1. The van der Waals surface area contributed by atoms with E-state index in [1.54, 1.807) is 29.9 Å². The SMILES string of the molecule is CC(C)Oc1cncc(Nc2cnc3ccc(N(COCC[Si](C)(C)C)c4nnc(C5CCCC5)s4)nc3c2)c1. The molecule has 9 nitrogen and oxygen atoms in total. The smallest absolute Gasteiger partial charge is 0.215 e. The van der Waals surface area contributed by atoms with E-state index in [2.05, 4.69) is 45.1 Å². The second-order valence-electron chi connectivity index (χ2n) is 11.8. The molecular formula is C29H39N7O2SSi. The van der Waals surface area contributed by atoms with Crippen molar-refractivity contribution in [2.45, 2.75) is 77.2 Å². The van der Waals surface area contributed by atoms with Crippen molar-refractivity contribution in [3.8, 4) is 5.75 Å². The number of ether oxygens (including phenoxy) is 2. The van der Waals surface area contributed by atoms with E-state index >= 15 is 0 Å². The van der Waals surface area contributed by atoms with Gasteiger partial charge in [0.1, 0.15) is 23.3 Å². The van der Waals surface area contributed by atoms with Gasteiger partial charge in [0, 0.05) is 26.7 Å². The van der Waals surface area contributed by atoms with Gasteiger partial charge < -0.3 is 14.8 Å². The van der Waals surface area contributed by atoms with Gasteiger partial charge in [0.15, 0.2) is 0 Å². The zero-order valence-electron chi connectivity index (χ0n) is 24.1. The summed E-state index contributed by atoms with van der Waals surface area (Å²) >= 11 is 1.66. The predicted molar refractivity (Wildman–Crippen MR) is 165 cm³/mol. The summed E-state index contributed by atoms with van der Waals surface area (Å²) in [4.78, 5) is 16.0. The average Bonchev–Trinajstić information content (AvgIpc) is 3.60. The van der Waals surface area contributed by atoms with Crippen molar-refractivity contribution in [2.24, 2.45) is 0 Å². The van der Waals surface area contributed by atoms with E-state index < -0.39 is 8.07 Å². The fourth-order valence-corrected chi connectivity index (χ4v) is 6.40. The molecule has 1 N–H and O–H groups in total. The van der Waals surface area contributed by atoms with E-state index in [1.807, 2.05) is 43.0 Å². The van der Waals surface area contributed by atoms with Crippen molar-refractivity contribution in [1.82, 2.24) is 25.1 Å². The molecule has 11 heteroatoms. The second-order valence-corrected chi connectivity index (χ2v) is 18.4. The fourth-order valence-electron chi connectivity index (χ4n) is 4.63. The van der Waals surface area contributed by atoms with Gasteiger partial charge in [0.25, 0.3) is 0 Å². The lowest BCUT2D eigenvalue weighted by Crippen LogP contribution is -2.26. The first-order valence-electron chi connectivity index (χ1n) is 14.1. The number of nitrogens with zero attached hydrogens (tertiary/aromatic N) is 6. The molecule has 0 spiro atoms. The first kappa shape index (κ1) is 28.4. The number of fused-ring (bicyclic) bond motifs is 1. The van der Waals surface area contributed by atoms with Crippen LogP contribution >= 0.6 is 11.3 Å². The van der Waals surface area contributed by atoms with E-state index in [-0.39, 0.29) is 6.10 Å². The van der Waals surface area contributed by atoms with Crippen LogP contribution in [0.5, 0.6) is 5.75 Å². The normalized spacial score (nSPS) is 14.2. The monoisotopic (exact) mass is 577 g/mol. The molecule has 4 aromatic rings. The number of anilines is 4. The Morgan fingerprint density at radius 2 is 1.82 bits per heavy atom. The molecule has 0 unspecified atom stereocenters. The first-order valence-corrected chi connectivity index (χ1v) is 18.6. The molecule has 1 fully saturated rings. The van der Waals surface area contributed by atoms with Gasteiger partial charge in [0.05, 0.1) is 47.1 Å². The molecule has 212 valence electrons. The first-order chi connectivity index (χ1) is 19.2. The van der Waals surface area contributed by atoms with Crippen LogP contribution in [0, 0.1) is 0 Å². The van der Waals surface area contributed by atoms with Crippen LogP contribution in [-0.4, -0.2) is 52.7 Å². The van der Waals surface area contributed by atoms with Crippen molar-refractivity contribution in [2.75, 3.05) is 23.6 Å². The van der Waals surface area contributed by atoms with Crippen molar-refractivity contribution >= 4 is 52.8 Å². The van der Waals surface area contributed by atoms with Crippen LogP contribution < -0.4 is 15.0 Å². The summed E-state index contributed by atoms with van der Waals surface area (Å²) in [6, 6.07) is 9.01. The number of aromatic nitrogens is 5. The molecule has 4 aromatic heterocycles. The molecule has 1 aliphatic carbocycles. The molecule has 0 aromatic carbocycles. The Morgan fingerprint density at radius 3 is 2.60 bits per heavy atom. The minimum atomic E-state index is -1.20. The summed E-state index contributed by atoms with van der Waals surface area (Å²) in [6.45, 7) is 12.2. The van der Waals surface area contributed by atoms with Crippen molar-refractivity contribution in [1.29, 1.82) is 0 Å². The average molecular weight is 578 g/mol. The molecule has 4 heterocycles. The minimum absolute atomic E-state index is 0.0757. The van der Waals surface area contributed by atoms with Crippen LogP contribution in [0.25, 0.3) is 11.0 Å². The van der Waals surface area contributed by atoms with Crippen molar-refractivity contribution < 1.29 is 9.47 Å². The maximum absolute atomic E-state index is 6.18. The van der Waals surface area contributed by atoms with Crippen LogP contribution in [0.2, 0.25) is 25.7 Å². The third kappa shape index (κ3) is 7.52. The largest absolute Gasteiger partial charge is 0.489 e. The van der Waals surface area contributed by atoms with Crippen molar-refractivity contribution in [3.05, 3.63) is 47.9 Å². The Morgan fingerprint density at radius 1 is 1.02 bits per heavy atom. The van der Waals surface area contributed by atoms with Crippen LogP contribution in [0.15, 0.2) is 42.9 Å². The molecule has 5 rings (SSSR count). The molecule has 0 amide bonds. The quantitative estimate of drug-likeness (QED) is 0.104.